The van der Waals surface area contributed by atoms with Crippen molar-refractivity contribution in [2.24, 2.45) is 0 Å². The number of benzene rings is 4. The van der Waals surface area contributed by atoms with Gasteiger partial charge in [0, 0.05) is 49.2 Å². The molecular weight excluding hydrogens is 837 g/mol. The van der Waals surface area contributed by atoms with Crippen LogP contribution in [-0.2, 0) is 54.3 Å². The van der Waals surface area contributed by atoms with Crippen LogP contribution >= 0.6 is 0 Å². The van der Waals surface area contributed by atoms with Crippen molar-refractivity contribution in [3.8, 4) is 11.4 Å². The summed E-state index contributed by atoms with van der Waals surface area (Å²) in [6.45, 7) is 3.61. The monoisotopic (exact) mass is 888 g/mol. The smallest absolute Gasteiger partial charge is 0.328 e. The molecule has 66 heavy (non-hydrogen) atoms. The van der Waals surface area contributed by atoms with E-state index in [-0.39, 0.29) is 61.4 Å². The first-order chi connectivity index (χ1) is 32.1. The van der Waals surface area contributed by atoms with Gasteiger partial charge < -0.3 is 30.7 Å². The van der Waals surface area contributed by atoms with Crippen LogP contribution in [0.1, 0.15) is 56.8 Å². The summed E-state index contributed by atoms with van der Waals surface area (Å²) < 4.78 is 10.6. The molecular formula is C52H52N6O8. The molecule has 0 unspecified atom stereocenters. The second-order valence-corrected chi connectivity index (χ2v) is 15.3. The largest absolute Gasteiger partial charge is 0.464 e. The van der Waals surface area contributed by atoms with Crippen molar-refractivity contribution in [2.75, 3.05) is 13.2 Å². The summed E-state index contributed by atoms with van der Waals surface area (Å²) in [4.78, 5) is 90.8. The maximum Gasteiger partial charge on any atom is 0.328 e. The second-order valence-electron chi connectivity index (χ2n) is 15.3. The number of carbonyl (C=O) groups excluding carboxylic acids is 6. The van der Waals surface area contributed by atoms with Gasteiger partial charge in [0.15, 0.2) is 0 Å². The number of hydrogen-bond acceptors (Lipinski definition) is 10. The second kappa shape index (κ2) is 24.2. The Morgan fingerprint density at radius 2 is 0.727 bits per heavy atom. The Hall–Kier alpha value is -8.00. The van der Waals surface area contributed by atoms with Crippen LogP contribution in [0.5, 0.6) is 0 Å². The van der Waals surface area contributed by atoms with Crippen LogP contribution in [0, 0.1) is 0 Å². The molecule has 338 valence electrons. The lowest BCUT2D eigenvalue weighted by atomic mass is 10.0. The predicted molar refractivity (Wildman–Crippen MR) is 248 cm³/mol. The van der Waals surface area contributed by atoms with Gasteiger partial charge in [-0.1, -0.05) is 121 Å². The molecule has 4 aromatic carbocycles. The van der Waals surface area contributed by atoms with Crippen molar-refractivity contribution in [1.29, 1.82) is 0 Å². The highest BCUT2D eigenvalue weighted by atomic mass is 16.5. The molecule has 14 heteroatoms. The van der Waals surface area contributed by atoms with Gasteiger partial charge in [-0.15, -0.1) is 0 Å². The molecule has 6 aromatic rings. The van der Waals surface area contributed by atoms with Gasteiger partial charge >= 0.3 is 11.9 Å². The standard InChI is InChI=1S/C52H52N6O8/c1-3-65-51(63)45(31-37-21-13-7-14-22-37)57-49(61)43(29-35-17-9-5-10-18-35)55-47(59)39-25-27-53-41(33-39)42-34-40(26-28-54-42)48(60)56-44(30-36-19-11-6-12-20-36)50(62)58-46(52(64)66-4-2)32-38-23-15-8-16-24-38/h5-28,33-34,43-46H,3-4,29-32H2,1-2H3,(H,55,59)(H,56,60)(H,57,61)(H,58,62)/t43-,44-,45-,46-/m0/s1. The zero-order chi connectivity index (χ0) is 46.7. The molecule has 0 saturated carbocycles. The predicted octanol–water partition coefficient (Wildman–Crippen LogP) is 5.41. The van der Waals surface area contributed by atoms with Crippen LogP contribution in [-0.4, -0.2) is 82.9 Å². The minimum Gasteiger partial charge on any atom is -0.464 e. The number of carbonyl (C=O) groups is 6. The van der Waals surface area contributed by atoms with Gasteiger partial charge in [0.1, 0.15) is 24.2 Å². The van der Waals surface area contributed by atoms with Gasteiger partial charge in [-0.2, -0.15) is 0 Å². The first-order valence-electron chi connectivity index (χ1n) is 21.7. The Morgan fingerprint density at radius 1 is 0.424 bits per heavy atom. The molecule has 14 nitrogen and oxygen atoms in total. The molecule has 2 heterocycles. The van der Waals surface area contributed by atoms with E-state index in [0.717, 1.165) is 22.3 Å². The van der Waals surface area contributed by atoms with Gasteiger partial charge in [0.05, 0.1) is 24.6 Å². The molecule has 6 rings (SSSR count). The molecule has 0 fully saturated rings. The van der Waals surface area contributed by atoms with Crippen LogP contribution in [0.15, 0.2) is 158 Å². The van der Waals surface area contributed by atoms with E-state index >= 15 is 0 Å². The minimum atomic E-state index is -1.10. The lowest BCUT2D eigenvalue weighted by Gasteiger charge is -2.23. The Morgan fingerprint density at radius 3 is 1.03 bits per heavy atom. The maximum absolute atomic E-state index is 14.0. The number of rotatable bonds is 21. The topological polar surface area (TPSA) is 195 Å². The molecule has 0 radical (unpaired) electrons. The lowest BCUT2D eigenvalue weighted by Crippen LogP contribution is -2.53. The number of nitrogens with zero attached hydrogens (tertiary/aromatic N) is 2. The van der Waals surface area contributed by atoms with Crippen molar-refractivity contribution >= 4 is 35.6 Å². The zero-order valence-electron chi connectivity index (χ0n) is 36.7. The van der Waals surface area contributed by atoms with Crippen LogP contribution in [0.2, 0.25) is 0 Å². The fourth-order valence-electron chi connectivity index (χ4n) is 7.14. The summed E-state index contributed by atoms with van der Waals surface area (Å²) in [5.41, 5.74) is 3.99. The lowest BCUT2D eigenvalue weighted by molar-refractivity contribution is -0.148. The summed E-state index contributed by atoms with van der Waals surface area (Å²) >= 11 is 0. The van der Waals surface area contributed by atoms with Crippen molar-refractivity contribution in [1.82, 2.24) is 31.2 Å². The number of amides is 4. The highest BCUT2D eigenvalue weighted by molar-refractivity contribution is 6.00. The third kappa shape index (κ3) is 14.0. The van der Waals surface area contributed by atoms with Gasteiger partial charge in [0.25, 0.3) is 11.8 Å². The van der Waals surface area contributed by atoms with Gasteiger partial charge in [-0.05, 0) is 60.4 Å². The van der Waals surface area contributed by atoms with Gasteiger partial charge in [-0.25, -0.2) is 9.59 Å². The highest BCUT2D eigenvalue weighted by Gasteiger charge is 2.30. The SMILES string of the molecule is CCOC(=O)[C@H](Cc1ccccc1)NC(=O)[C@H](Cc1ccccc1)NC(=O)c1ccnc(-c2cc(C(=O)N[C@@H](Cc3ccccc3)C(=O)N[C@@H](Cc3ccccc3)C(=O)OCC)ccn2)c1. The third-order valence-corrected chi connectivity index (χ3v) is 10.5. The molecule has 0 aliphatic heterocycles. The average Bonchev–Trinajstić information content (AvgIpc) is 3.34. The molecule has 4 amide bonds. The van der Waals surface area contributed by atoms with Crippen LogP contribution in [0.4, 0.5) is 0 Å². The molecule has 0 saturated heterocycles. The summed E-state index contributed by atoms with van der Waals surface area (Å²) in [7, 11) is 0. The number of aromatic nitrogens is 2. The maximum atomic E-state index is 14.0. The van der Waals surface area contributed by atoms with Crippen LogP contribution in [0.3, 0.4) is 0 Å². The van der Waals surface area contributed by atoms with Crippen molar-refractivity contribution < 1.29 is 38.2 Å². The Kier molecular flexibility index (Phi) is 17.4. The number of nitrogens with one attached hydrogen (secondary N) is 4. The fourth-order valence-corrected chi connectivity index (χ4v) is 7.14. The zero-order valence-corrected chi connectivity index (χ0v) is 36.7. The fraction of sp³-hybridized carbons (Fsp3) is 0.231. The molecule has 0 aliphatic carbocycles. The van der Waals surface area contributed by atoms with E-state index < -0.39 is 59.7 Å². The highest BCUT2D eigenvalue weighted by Crippen LogP contribution is 2.18. The number of esters is 2. The van der Waals surface area contributed by atoms with E-state index in [1.807, 2.05) is 121 Å². The van der Waals surface area contributed by atoms with Crippen LogP contribution < -0.4 is 21.3 Å². The molecule has 4 N–H and O–H groups in total. The summed E-state index contributed by atoms with van der Waals surface area (Å²) in [6.07, 6.45) is 3.43. The van der Waals surface area contributed by atoms with E-state index in [2.05, 4.69) is 31.2 Å². The quantitative estimate of drug-likeness (QED) is 0.0680. The summed E-state index contributed by atoms with van der Waals surface area (Å²) in [5, 5.41) is 11.3. The first kappa shape index (κ1) is 47.5. The molecule has 0 bridgehead atoms. The van der Waals surface area contributed by atoms with Gasteiger partial charge in [-0.3, -0.25) is 29.1 Å². The van der Waals surface area contributed by atoms with E-state index in [9.17, 15) is 28.8 Å². The number of hydrogen-bond donors (Lipinski definition) is 4. The van der Waals surface area contributed by atoms with E-state index in [0.29, 0.717) is 0 Å². The Balaban J connectivity index is 1.20. The first-order valence-corrected chi connectivity index (χ1v) is 21.7. The van der Waals surface area contributed by atoms with Crippen molar-refractivity contribution in [3.63, 3.8) is 0 Å². The normalized spacial score (nSPS) is 12.6. The van der Waals surface area contributed by atoms with Crippen LogP contribution in [0.25, 0.3) is 11.4 Å². The third-order valence-electron chi connectivity index (χ3n) is 10.5. The summed E-state index contributed by atoms with van der Waals surface area (Å²) in [6, 6.07) is 38.5. The van der Waals surface area contributed by atoms with E-state index in [4.69, 9.17) is 9.47 Å². The molecule has 4 atom stereocenters. The number of ether oxygens (including phenoxy) is 2. The van der Waals surface area contributed by atoms with Crippen molar-refractivity contribution in [2.45, 2.75) is 63.7 Å². The van der Waals surface area contributed by atoms with E-state index in [1.165, 1.54) is 36.7 Å². The Bertz CT molecular complexity index is 2380. The summed E-state index contributed by atoms with van der Waals surface area (Å²) in [5.74, 6) is -3.55. The van der Waals surface area contributed by atoms with E-state index in [1.54, 1.807) is 13.8 Å². The van der Waals surface area contributed by atoms with Gasteiger partial charge in [0.2, 0.25) is 11.8 Å². The molecule has 0 aliphatic rings. The van der Waals surface area contributed by atoms with Crippen molar-refractivity contribution in [3.05, 3.63) is 191 Å². The Labute approximate surface area is 383 Å². The molecule has 2 aromatic heterocycles. The molecule has 0 spiro atoms. The minimum absolute atomic E-state index is 0.121. The average molecular weight is 889 g/mol. The number of pyridine rings is 2.